The van der Waals surface area contributed by atoms with E-state index >= 15 is 0 Å². The summed E-state index contributed by atoms with van der Waals surface area (Å²) in [6.07, 6.45) is 0.356. The van der Waals surface area contributed by atoms with Crippen LogP contribution in [0.4, 0.5) is 0 Å². The van der Waals surface area contributed by atoms with Gasteiger partial charge in [0.05, 0.1) is 12.7 Å². The van der Waals surface area contributed by atoms with Crippen molar-refractivity contribution >= 4 is 0 Å². The Morgan fingerprint density at radius 3 is 2.40 bits per heavy atom. The van der Waals surface area contributed by atoms with Gasteiger partial charge in [0.1, 0.15) is 5.60 Å². The van der Waals surface area contributed by atoms with Crippen molar-refractivity contribution in [1.82, 2.24) is 0 Å². The number of aliphatic hydroxyl groups excluding tert-OH is 2. The van der Waals surface area contributed by atoms with Crippen molar-refractivity contribution in [3.63, 3.8) is 0 Å². The van der Waals surface area contributed by atoms with Crippen LogP contribution < -0.4 is 0 Å². The Morgan fingerprint density at radius 1 is 1.60 bits per heavy atom. The summed E-state index contributed by atoms with van der Waals surface area (Å²) in [6.45, 7) is 1.62. The molecule has 0 saturated heterocycles. The Labute approximate surface area is 60.3 Å². The summed E-state index contributed by atoms with van der Waals surface area (Å²) in [7, 11) is 0. The molecule has 0 unspecified atom stereocenters. The molecule has 0 amide bonds. The standard InChI is InChI=1S/C7H14O3/c1-5-2-6(9)7(10,3-5)4-8/h5-6,8-10H,2-4H2,1H3/t5-,6-,7-/m0/s1. The smallest absolute Gasteiger partial charge is 0.114 e. The summed E-state index contributed by atoms with van der Waals surface area (Å²) >= 11 is 0. The number of aliphatic hydroxyl groups is 3. The molecule has 0 aromatic rings. The van der Waals surface area contributed by atoms with Gasteiger partial charge in [0.15, 0.2) is 0 Å². The molecular formula is C7H14O3. The zero-order valence-corrected chi connectivity index (χ0v) is 6.12. The minimum absolute atomic E-state index is 0.312. The third-order valence-corrected chi connectivity index (χ3v) is 2.22. The van der Waals surface area contributed by atoms with Gasteiger partial charge in [-0.25, -0.2) is 0 Å². The Hall–Kier alpha value is -0.120. The van der Waals surface area contributed by atoms with Crippen molar-refractivity contribution in [2.75, 3.05) is 6.61 Å². The average molecular weight is 146 g/mol. The van der Waals surface area contributed by atoms with Crippen LogP contribution in [0, 0.1) is 5.92 Å². The van der Waals surface area contributed by atoms with Gasteiger partial charge in [0.2, 0.25) is 0 Å². The normalized spacial score (nSPS) is 48.0. The van der Waals surface area contributed by atoms with Gasteiger partial charge in [-0.2, -0.15) is 0 Å². The quantitative estimate of drug-likeness (QED) is 0.467. The van der Waals surface area contributed by atoms with Gasteiger partial charge in [0.25, 0.3) is 0 Å². The first-order valence-electron chi connectivity index (χ1n) is 3.60. The molecule has 3 nitrogen and oxygen atoms in total. The fraction of sp³-hybridized carbons (Fsp3) is 1.00. The summed E-state index contributed by atoms with van der Waals surface area (Å²) in [6, 6.07) is 0. The van der Waals surface area contributed by atoms with Crippen molar-refractivity contribution in [2.45, 2.75) is 31.5 Å². The van der Waals surface area contributed by atoms with E-state index in [4.69, 9.17) is 5.11 Å². The molecule has 1 fully saturated rings. The van der Waals surface area contributed by atoms with Gasteiger partial charge >= 0.3 is 0 Å². The minimum atomic E-state index is -1.22. The van der Waals surface area contributed by atoms with Gasteiger partial charge in [-0.1, -0.05) is 6.92 Å². The van der Waals surface area contributed by atoms with E-state index in [0.717, 1.165) is 0 Å². The monoisotopic (exact) mass is 146 g/mol. The summed E-state index contributed by atoms with van der Waals surface area (Å²) < 4.78 is 0. The van der Waals surface area contributed by atoms with E-state index in [1.165, 1.54) is 0 Å². The molecule has 1 aliphatic rings. The minimum Gasteiger partial charge on any atom is -0.393 e. The molecule has 3 heteroatoms. The Balaban J connectivity index is 2.61. The topological polar surface area (TPSA) is 60.7 Å². The fourth-order valence-electron chi connectivity index (χ4n) is 1.59. The first-order chi connectivity index (χ1) is 4.58. The molecule has 1 rings (SSSR count). The maximum absolute atomic E-state index is 9.44. The van der Waals surface area contributed by atoms with Gasteiger partial charge in [-0.3, -0.25) is 0 Å². The summed E-state index contributed by atoms with van der Waals surface area (Å²) in [5.41, 5.74) is -1.22. The Kier molecular flexibility index (Phi) is 1.99. The second-order valence-electron chi connectivity index (χ2n) is 3.32. The molecule has 3 N–H and O–H groups in total. The van der Waals surface area contributed by atoms with Crippen LogP contribution in [-0.2, 0) is 0 Å². The molecule has 1 aliphatic carbocycles. The third kappa shape index (κ3) is 1.17. The second kappa shape index (κ2) is 2.49. The molecule has 0 aromatic carbocycles. The Bertz CT molecular complexity index is 126. The average Bonchev–Trinajstić information content (AvgIpc) is 2.09. The second-order valence-corrected chi connectivity index (χ2v) is 3.32. The van der Waals surface area contributed by atoms with Gasteiger partial charge in [-0.15, -0.1) is 0 Å². The van der Waals surface area contributed by atoms with Crippen LogP contribution in [0.15, 0.2) is 0 Å². The lowest BCUT2D eigenvalue weighted by molar-refractivity contribution is -0.0855. The molecular weight excluding hydrogens is 132 g/mol. The van der Waals surface area contributed by atoms with Gasteiger partial charge < -0.3 is 15.3 Å². The predicted octanol–water partition coefficient (Wildman–Crippen LogP) is -0.499. The van der Waals surface area contributed by atoms with Crippen LogP contribution in [0.1, 0.15) is 19.8 Å². The van der Waals surface area contributed by atoms with E-state index in [0.29, 0.717) is 18.8 Å². The summed E-state index contributed by atoms with van der Waals surface area (Å²) in [4.78, 5) is 0. The van der Waals surface area contributed by atoms with Crippen LogP contribution >= 0.6 is 0 Å². The first kappa shape index (κ1) is 7.98. The molecule has 0 aliphatic heterocycles. The van der Waals surface area contributed by atoms with Crippen molar-refractivity contribution in [3.05, 3.63) is 0 Å². The molecule has 0 bridgehead atoms. The third-order valence-electron chi connectivity index (χ3n) is 2.22. The lowest BCUT2D eigenvalue weighted by Crippen LogP contribution is -2.40. The summed E-state index contributed by atoms with van der Waals surface area (Å²) in [5.74, 6) is 0.312. The highest BCUT2D eigenvalue weighted by molar-refractivity contribution is 4.94. The molecule has 0 spiro atoms. The van der Waals surface area contributed by atoms with Crippen molar-refractivity contribution in [1.29, 1.82) is 0 Å². The van der Waals surface area contributed by atoms with Crippen LogP contribution in [0.3, 0.4) is 0 Å². The molecule has 10 heavy (non-hydrogen) atoms. The number of rotatable bonds is 1. The van der Waals surface area contributed by atoms with Gasteiger partial charge in [-0.05, 0) is 18.8 Å². The van der Waals surface area contributed by atoms with E-state index in [1.54, 1.807) is 0 Å². The molecule has 1 saturated carbocycles. The highest BCUT2D eigenvalue weighted by Crippen LogP contribution is 2.33. The molecule has 0 radical (unpaired) electrons. The van der Waals surface area contributed by atoms with E-state index < -0.39 is 11.7 Å². The van der Waals surface area contributed by atoms with Gasteiger partial charge in [0, 0.05) is 0 Å². The SMILES string of the molecule is C[C@H]1C[C@H](O)[C@@](O)(CO)C1. The van der Waals surface area contributed by atoms with Crippen molar-refractivity contribution in [2.24, 2.45) is 5.92 Å². The van der Waals surface area contributed by atoms with Crippen LogP contribution in [-0.4, -0.2) is 33.6 Å². The summed E-state index contributed by atoms with van der Waals surface area (Å²) in [5, 5.41) is 27.4. The van der Waals surface area contributed by atoms with Crippen LogP contribution in [0.5, 0.6) is 0 Å². The lowest BCUT2D eigenvalue weighted by atomic mass is 10.0. The molecule has 3 atom stereocenters. The van der Waals surface area contributed by atoms with Crippen molar-refractivity contribution in [3.8, 4) is 0 Å². The molecule has 60 valence electrons. The largest absolute Gasteiger partial charge is 0.393 e. The highest BCUT2D eigenvalue weighted by Gasteiger charge is 2.42. The van der Waals surface area contributed by atoms with E-state index in [-0.39, 0.29) is 6.61 Å². The van der Waals surface area contributed by atoms with Crippen LogP contribution in [0.2, 0.25) is 0 Å². The van der Waals surface area contributed by atoms with Crippen LogP contribution in [0.25, 0.3) is 0 Å². The maximum atomic E-state index is 9.44. The van der Waals surface area contributed by atoms with E-state index in [1.807, 2.05) is 6.92 Å². The van der Waals surface area contributed by atoms with E-state index in [2.05, 4.69) is 0 Å². The maximum Gasteiger partial charge on any atom is 0.114 e. The first-order valence-corrected chi connectivity index (χ1v) is 3.60. The zero-order chi connectivity index (χ0) is 7.78. The zero-order valence-electron chi connectivity index (χ0n) is 6.12. The molecule has 0 heterocycles. The van der Waals surface area contributed by atoms with Crippen molar-refractivity contribution < 1.29 is 15.3 Å². The predicted molar refractivity (Wildman–Crippen MR) is 36.4 cm³/mol. The fourth-order valence-corrected chi connectivity index (χ4v) is 1.59. The van der Waals surface area contributed by atoms with E-state index in [9.17, 15) is 10.2 Å². The highest BCUT2D eigenvalue weighted by atomic mass is 16.4. The number of hydrogen-bond donors (Lipinski definition) is 3. The molecule has 0 aromatic heterocycles. The Morgan fingerprint density at radius 2 is 2.20 bits per heavy atom. The lowest BCUT2D eigenvalue weighted by Gasteiger charge is -2.23. The number of hydrogen-bond acceptors (Lipinski definition) is 3.